The first-order chi connectivity index (χ1) is 17.5. The molecule has 1 amide bonds. The molecule has 2 heterocycles. The van der Waals surface area contributed by atoms with Crippen molar-refractivity contribution in [2.45, 2.75) is 6.54 Å². The third-order valence-corrected chi connectivity index (χ3v) is 6.40. The number of amides is 1. The van der Waals surface area contributed by atoms with Crippen LogP contribution in [0.4, 0.5) is 11.5 Å². The fraction of sp³-hybridized carbons (Fsp3) is 0.0370. The summed E-state index contributed by atoms with van der Waals surface area (Å²) in [5.74, 6) is 0.499. The van der Waals surface area contributed by atoms with Crippen molar-refractivity contribution in [1.82, 2.24) is 14.6 Å². The minimum atomic E-state index is -0.244. The molecule has 2 N–H and O–H groups in total. The average molecular weight is 558 g/mol. The van der Waals surface area contributed by atoms with Crippen LogP contribution in [0, 0.1) is 11.3 Å². The lowest BCUT2D eigenvalue weighted by atomic mass is 10.1. The van der Waals surface area contributed by atoms with E-state index in [-0.39, 0.29) is 5.91 Å². The predicted octanol–water partition coefficient (Wildman–Crippen LogP) is 6.55. The Balaban J connectivity index is 1.37. The van der Waals surface area contributed by atoms with Crippen molar-refractivity contribution >= 4 is 50.6 Å². The Bertz CT molecular complexity index is 1620. The zero-order valence-electron chi connectivity index (χ0n) is 18.7. The number of nitriles is 1. The summed E-state index contributed by atoms with van der Waals surface area (Å²) >= 11 is 9.94. The molecule has 0 spiro atoms. The summed E-state index contributed by atoms with van der Waals surface area (Å²) in [6, 6.07) is 25.6. The van der Waals surface area contributed by atoms with Crippen molar-refractivity contribution in [3.8, 4) is 17.3 Å². The van der Waals surface area contributed by atoms with Gasteiger partial charge in [-0.05, 0) is 64.0 Å². The zero-order chi connectivity index (χ0) is 25.1. The van der Waals surface area contributed by atoms with Gasteiger partial charge in [-0.25, -0.2) is 4.98 Å². The van der Waals surface area contributed by atoms with Crippen LogP contribution in [-0.4, -0.2) is 20.5 Å². The molecule has 0 aliphatic rings. The van der Waals surface area contributed by atoms with Gasteiger partial charge in [-0.1, -0.05) is 41.9 Å². The van der Waals surface area contributed by atoms with Gasteiger partial charge < -0.3 is 10.6 Å². The van der Waals surface area contributed by atoms with Gasteiger partial charge in [0.1, 0.15) is 5.82 Å². The Morgan fingerprint density at radius 1 is 1.06 bits per heavy atom. The quantitative estimate of drug-likeness (QED) is 0.247. The van der Waals surface area contributed by atoms with Crippen LogP contribution in [-0.2, 0) is 6.54 Å². The molecule has 176 valence electrons. The summed E-state index contributed by atoms with van der Waals surface area (Å²) in [5, 5.41) is 20.3. The second kappa shape index (κ2) is 10.2. The topological polar surface area (TPSA) is 95.1 Å². The SMILES string of the molecule is N#Cc1ccc(C(=O)Nc2cccc(CNc3cc(-c4ccccc4Cl)nc4c(Br)cnn34)c2)cc1. The molecule has 0 unspecified atom stereocenters. The first-order valence-corrected chi connectivity index (χ1v) is 12.1. The molecule has 0 aliphatic carbocycles. The molecule has 2 aromatic heterocycles. The number of anilines is 2. The van der Waals surface area contributed by atoms with Crippen molar-refractivity contribution in [3.05, 3.63) is 111 Å². The van der Waals surface area contributed by atoms with E-state index in [1.54, 1.807) is 35.0 Å². The molecule has 9 heteroatoms. The van der Waals surface area contributed by atoms with E-state index in [0.717, 1.165) is 27.1 Å². The first kappa shape index (κ1) is 23.5. The molecule has 0 saturated carbocycles. The van der Waals surface area contributed by atoms with E-state index in [9.17, 15) is 4.79 Å². The second-order valence-electron chi connectivity index (χ2n) is 7.93. The molecule has 0 bridgehead atoms. The minimum absolute atomic E-state index is 0.244. The third kappa shape index (κ3) is 4.93. The Morgan fingerprint density at radius 3 is 2.64 bits per heavy atom. The highest BCUT2D eigenvalue weighted by Crippen LogP contribution is 2.30. The summed E-state index contributed by atoms with van der Waals surface area (Å²) in [6.45, 7) is 0.485. The van der Waals surface area contributed by atoms with Crippen LogP contribution in [0.2, 0.25) is 5.02 Å². The molecule has 0 radical (unpaired) electrons. The molecule has 0 saturated heterocycles. The number of hydrogen-bond donors (Lipinski definition) is 2. The van der Waals surface area contributed by atoms with Gasteiger partial charge in [-0.3, -0.25) is 4.79 Å². The van der Waals surface area contributed by atoms with Crippen molar-refractivity contribution in [2.75, 3.05) is 10.6 Å². The number of fused-ring (bicyclic) bond motifs is 1. The van der Waals surface area contributed by atoms with Gasteiger partial charge in [0.2, 0.25) is 0 Å². The van der Waals surface area contributed by atoms with Gasteiger partial charge in [0.05, 0.1) is 28.0 Å². The summed E-state index contributed by atoms with van der Waals surface area (Å²) in [4.78, 5) is 17.3. The molecule has 0 atom stereocenters. The molecule has 36 heavy (non-hydrogen) atoms. The van der Waals surface area contributed by atoms with Crippen LogP contribution in [0.25, 0.3) is 16.9 Å². The van der Waals surface area contributed by atoms with Gasteiger partial charge in [0.25, 0.3) is 5.91 Å². The molecule has 0 aliphatic heterocycles. The number of benzene rings is 3. The molecule has 3 aromatic carbocycles. The Labute approximate surface area is 220 Å². The summed E-state index contributed by atoms with van der Waals surface area (Å²) in [7, 11) is 0. The molecular weight excluding hydrogens is 540 g/mol. The van der Waals surface area contributed by atoms with Gasteiger partial charge in [0, 0.05) is 34.4 Å². The fourth-order valence-corrected chi connectivity index (χ4v) is 4.30. The molecule has 7 nitrogen and oxygen atoms in total. The highest BCUT2D eigenvalue weighted by molar-refractivity contribution is 9.10. The molecular formula is C27H18BrClN6O. The number of nitrogens with zero attached hydrogens (tertiary/aromatic N) is 4. The molecule has 5 rings (SSSR count). The lowest BCUT2D eigenvalue weighted by molar-refractivity contribution is 0.102. The maximum absolute atomic E-state index is 12.6. The number of rotatable bonds is 6. The maximum atomic E-state index is 12.6. The molecule has 0 fully saturated rings. The predicted molar refractivity (Wildman–Crippen MR) is 144 cm³/mol. The van der Waals surface area contributed by atoms with Crippen LogP contribution in [0.5, 0.6) is 0 Å². The van der Waals surface area contributed by atoms with Crippen molar-refractivity contribution in [3.63, 3.8) is 0 Å². The number of aromatic nitrogens is 3. The van der Waals surface area contributed by atoms with Crippen molar-refractivity contribution in [2.24, 2.45) is 0 Å². The Morgan fingerprint density at radius 2 is 1.86 bits per heavy atom. The lowest BCUT2D eigenvalue weighted by Crippen LogP contribution is -2.12. The first-order valence-electron chi connectivity index (χ1n) is 11.0. The Hall–Kier alpha value is -4.19. The van der Waals surface area contributed by atoms with E-state index >= 15 is 0 Å². The summed E-state index contributed by atoms with van der Waals surface area (Å²) < 4.78 is 2.49. The van der Waals surface area contributed by atoms with E-state index in [4.69, 9.17) is 21.8 Å². The highest BCUT2D eigenvalue weighted by atomic mass is 79.9. The summed E-state index contributed by atoms with van der Waals surface area (Å²) in [5.41, 5.74) is 4.83. The minimum Gasteiger partial charge on any atom is -0.366 e. The maximum Gasteiger partial charge on any atom is 0.255 e. The van der Waals surface area contributed by atoms with Crippen molar-refractivity contribution < 1.29 is 4.79 Å². The number of halogens is 2. The number of carbonyl (C=O) groups excluding carboxylic acids is 1. The standard InChI is InChI=1S/C27H18BrClN6O/c28-22-16-32-35-25(13-24(34-26(22)35)21-6-1-2-7-23(21)29)31-15-18-4-3-5-20(12-18)33-27(36)19-10-8-17(14-30)9-11-19/h1-13,16,31H,15H2,(H,33,36). The van der Waals surface area contributed by atoms with Gasteiger partial charge in [-0.15, -0.1) is 0 Å². The second-order valence-corrected chi connectivity index (χ2v) is 9.19. The monoisotopic (exact) mass is 556 g/mol. The molecule has 5 aromatic rings. The number of carbonyl (C=O) groups is 1. The largest absolute Gasteiger partial charge is 0.366 e. The Kier molecular flexibility index (Phi) is 6.67. The lowest BCUT2D eigenvalue weighted by Gasteiger charge is -2.13. The highest BCUT2D eigenvalue weighted by Gasteiger charge is 2.13. The van der Waals surface area contributed by atoms with Gasteiger partial charge >= 0.3 is 0 Å². The van der Waals surface area contributed by atoms with E-state index in [0.29, 0.717) is 34.0 Å². The van der Waals surface area contributed by atoms with Crippen LogP contribution >= 0.6 is 27.5 Å². The van der Waals surface area contributed by atoms with E-state index < -0.39 is 0 Å². The van der Waals surface area contributed by atoms with E-state index in [1.165, 1.54) is 0 Å². The van der Waals surface area contributed by atoms with Crippen molar-refractivity contribution in [1.29, 1.82) is 5.26 Å². The summed E-state index contributed by atoms with van der Waals surface area (Å²) in [6.07, 6.45) is 1.70. The number of hydrogen-bond acceptors (Lipinski definition) is 5. The van der Waals surface area contributed by atoms with E-state index in [1.807, 2.05) is 60.7 Å². The van der Waals surface area contributed by atoms with Crippen LogP contribution in [0.1, 0.15) is 21.5 Å². The van der Waals surface area contributed by atoms with Crippen LogP contribution in [0.15, 0.2) is 89.5 Å². The van der Waals surface area contributed by atoms with Gasteiger partial charge in [-0.2, -0.15) is 14.9 Å². The zero-order valence-corrected chi connectivity index (χ0v) is 21.1. The number of nitrogens with one attached hydrogen (secondary N) is 2. The normalized spacial score (nSPS) is 10.7. The smallest absolute Gasteiger partial charge is 0.255 e. The van der Waals surface area contributed by atoms with Crippen LogP contribution in [0.3, 0.4) is 0 Å². The average Bonchev–Trinajstić information content (AvgIpc) is 3.28. The third-order valence-electron chi connectivity index (χ3n) is 5.51. The van der Waals surface area contributed by atoms with Gasteiger partial charge in [0.15, 0.2) is 5.65 Å². The fourth-order valence-electron chi connectivity index (χ4n) is 3.72. The van der Waals surface area contributed by atoms with Crippen LogP contribution < -0.4 is 10.6 Å². The van der Waals surface area contributed by atoms with E-state index in [2.05, 4.69) is 31.7 Å².